The lowest BCUT2D eigenvalue weighted by molar-refractivity contribution is 0.112. The first kappa shape index (κ1) is 13.7. The van der Waals surface area contributed by atoms with Crippen LogP contribution < -0.4 is 4.90 Å². The molecule has 0 aliphatic carbocycles. The van der Waals surface area contributed by atoms with Crippen molar-refractivity contribution < 1.29 is 18.0 Å². The second-order valence-electron chi connectivity index (χ2n) is 5.04. The van der Waals surface area contributed by atoms with Crippen LogP contribution in [0.2, 0.25) is 0 Å². The van der Waals surface area contributed by atoms with Gasteiger partial charge in [0.1, 0.15) is 5.82 Å². The third-order valence-corrected chi connectivity index (χ3v) is 3.63. The molecule has 3 rings (SSSR count). The molecule has 2 nitrogen and oxygen atoms in total. The fourth-order valence-corrected chi connectivity index (χ4v) is 2.47. The van der Waals surface area contributed by atoms with Gasteiger partial charge in [-0.2, -0.15) is 0 Å². The minimum atomic E-state index is -1.18. The number of benzene rings is 2. The number of carbonyl (C=O) groups excluding carboxylic acids is 1. The van der Waals surface area contributed by atoms with Crippen molar-refractivity contribution >= 4 is 12.0 Å². The van der Waals surface area contributed by atoms with Crippen LogP contribution in [0.25, 0.3) is 0 Å². The average Bonchev–Trinajstić information content (AvgIpc) is 3.24. The van der Waals surface area contributed by atoms with Gasteiger partial charge in [-0.25, -0.2) is 13.2 Å². The van der Waals surface area contributed by atoms with E-state index in [-0.39, 0.29) is 18.0 Å². The van der Waals surface area contributed by atoms with Crippen LogP contribution in [0.4, 0.5) is 18.9 Å². The summed E-state index contributed by atoms with van der Waals surface area (Å²) in [4.78, 5) is 12.9. The first-order valence-electron chi connectivity index (χ1n) is 6.54. The first-order chi connectivity index (χ1) is 10.1. The fourth-order valence-electron chi connectivity index (χ4n) is 2.47. The van der Waals surface area contributed by atoms with Crippen LogP contribution in [-0.4, -0.2) is 18.9 Å². The van der Waals surface area contributed by atoms with E-state index in [0.29, 0.717) is 18.2 Å². The summed E-state index contributed by atoms with van der Waals surface area (Å²) in [5.74, 6) is -2.98. The maximum Gasteiger partial charge on any atom is 0.161 e. The quantitative estimate of drug-likeness (QED) is 0.489. The summed E-state index contributed by atoms with van der Waals surface area (Å²) >= 11 is 0. The van der Waals surface area contributed by atoms with E-state index in [2.05, 4.69) is 0 Å². The Labute approximate surface area is 119 Å². The lowest BCUT2D eigenvalue weighted by Gasteiger charge is -2.09. The van der Waals surface area contributed by atoms with Crippen molar-refractivity contribution in [1.29, 1.82) is 0 Å². The lowest BCUT2D eigenvalue weighted by atomic mass is 10.1. The molecule has 1 unspecified atom stereocenters. The maximum absolute atomic E-state index is 13.6. The van der Waals surface area contributed by atoms with Crippen LogP contribution in [0.5, 0.6) is 0 Å². The Morgan fingerprint density at radius 1 is 1.10 bits per heavy atom. The molecule has 1 fully saturated rings. The van der Waals surface area contributed by atoms with Crippen LogP contribution in [0.1, 0.15) is 15.9 Å². The number of nitrogens with zero attached hydrogens (tertiary/aromatic N) is 1. The van der Waals surface area contributed by atoms with E-state index in [0.717, 1.165) is 18.0 Å². The van der Waals surface area contributed by atoms with Crippen molar-refractivity contribution in [2.24, 2.45) is 0 Å². The number of hydrogen-bond donors (Lipinski definition) is 0. The van der Waals surface area contributed by atoms with E-state index < -0.39 is 17.5 Å². The van der Waals surface area contributed by atoms with Crippen molar-refractivity contribution in [2.45, 2.75) is 12.5 Å². The van der Waals surface area contributed by atoms with Crippen LogP contribution >= 0.6 is 0 Å². The summed E-state index contributed by atoms with van der Waals surface area (Å²) in [5.41, 5.74) is 1.48. The summed E-state index contributed by atoms with van der Waals surface area (Å²) in [6.45, 7) is 0.656. The van der Waals surface area contributed by atoms with Crippen molar-refractivity contribution in [3.8, 4) is 0 Å². The average molecular weight is 291 g/mol. The molecule has 2 aromatic rings. The van der Waals surface area contributed by atoms with Gasteiger partial charge in [0.2, 0.25) is 0 Å². The normalized spacial score (nSPS) is 16.9. The zero-order chi connectivity index (χ0) is 15.0. The minimum absolute atomic E-state index is 0.00883. The molecule has 1 aliphatic rings. The van der Waals surface area contributed by atoms with Crippen molar-refractivity contribution in [3.05, 3.63) is 65.0 Å². The van der Waals surface area contributed by atoms with Gasteiger partial charge in [0, 0.05) is 23.9 Å². The highest BCUT2D eigenvalue weighted by Gasteiger charge is 2.36. The Balaban J connectivity index is 1.77. The molecule has 0 spiro atoms. The number of anilines is 1. The molecule has 0 aromatic heterocycles. The minimum Gasteiger partial charge on any atom is -0.364 e. The fraction of sp³-hybridized carbons (Fsp3) is 0.188. The summed E-state index contributed by atoms with van der Waals surface area (Å²) in [6, 6.07) is 8.55. The molecule has 0 saturated carbocycles. The number of halogens is 3. The van der Waals surface area contributed by atoms with E-state index in [1.54, 1.807) is 12.1 Å². The Morgan fingerprint density at radius 3 is 2.57 bits per heavy atom. The molecule has 1 aliphatic heterocycles. The molecular formula is C16H12F3NO. The number of para-hydroxylation sites is 1. The van der Waals surface area contributed by atoms with Gasteiger partial charge in [0.15, 0.2) is 17.9 Å². The summed E-state index contributed by atoms with van der Waals surface area (Å²) in [7, 11) is 0. The zero-order valence-corrected chi connectivity index (χ0v) is 11.0. The molecule has 1 heterocycles. The highest BCUT2D eigenvalue weighted by molar-refractivity contribution is 5.85. The highest BCUT2D eigenvalue weighted by Crippen LogP contribution is 2.32. The van der Waals surface area contributed by atoms with Crippen molar-refractivity contribution in [2.75, 3.05) is 11.4 Å². The second kappa shape index (κ2) is 5.24. The highest BCUT2D eigenvalue weighted by atomic mass is 19.2. The van der Waals surface area contributed by atoms with Gasteiger partial charge >= 0.3 is 0 Å². The predicted octanol–water partition coefficient (Wildman–Crippen LogP) is 3.35. The SMILES string of the molecule is O=Cc1ccccc1N1CC1Cc1cc(F)c(F)cc1F. The number of rotatable bonds is 4. The van der Waals surface area contributed by atoms with Crippen molar-refractivity contribution in [1.82, 2.24) is 0 Å². The Hall–Kier alpha value is -2.30. The number of aldehydes is 1. The molecule has 21 heavy (non-hydrogen) atoms. The molecule has 0 N–H and O–H groups in total. The van der Waals surface area contributed by atoms with Crippen LogP contribution in [0.15, 0.2) is 36.4 Å². The molecule has 1 atom stereocenters. The van der Waals surface area contributed by atoms with E-state index >= 15 is 0 Å². The lowest BCUT2D eigenvalue weighted by Crippen LogP contribution is -2.07. The van der Waals surface area contributed by atoms with Crippen LogP contribution in [-0.2, 0) is 6.42 Å². The van der Waals surface area contributed by atoms with Gasteiger partial charge in [0.05, 0.1) is 6.04 Å². The van der Waals surface area contributed by atoms with E-state index in [9.17, 15) is 18.0 Å². The smallest absolute Gasteiger partial charge is 0.161 e. The number of carbonyl (C=O) groups is 1. The summed E-state index contributed by atoms with van der Waals surface area (Å²) in [5, 5.41) is 0. The molecule has 0 bridgehead atoms. The monoisotopic (exact) mass is 291 g/mol. The summed E-state index contributed by atoms with van der Waals surface area (Å²) in [6.07, 6.45) is 1.04. The topological polar surface area (TPSA) is 20.1 Å². The Kier molecular flexibility index (Phi) is 3.41. The number of hydrogen-bond acceptors (Lipinski definition) is 2. The van der Waals surface area contributed by atoms with Crippen molar-refractivity contribution in [3.63, 3.8) is 0 Å². The molecule has 1 saturated heterocycles. The Bertz CT molecular complexity index is 702. The second-order valence-corrected chi connectivity index (χ2v) is 5.04. The molecule has 108 valence electrons. The largest absolute Gasteiger partial charge is 0.364 e. The van der Waals surface area contributed by atoms with Gasteiger partial charge in [0.25, 0.3) is 0 Å². The van der Waals surface area contributed by atoms with E-state index in [4.69, 9.17) is 0 Å². The zero-order valence-electron chi connectivity index (χ0n) is 11.0. The molecule has 2 aromatic carbocycles. The van der Waals surface area contributed by atoms with Gasteiger partial charge in [-0.3, -0.25) is 4.79 Å². The predicted molar refractivity (Wildman–Crippen MR) is 73.0 cm³/mol. The third kappa shape index (κ3) is 2.63. The van der Waals surface area contributed by atoms with Gasteiger partial charge in [-0.1, -0.05) is 12.1 Å². The van der Waals surface area contributed by atoms with Gasteiger partial charge in [-0.05, 0) is 30.2 Å². The van der Waals surface area contributed by atoms with Crippen LogP contribution in [0, 0.1) is 17.5 Å². The van der Waals surface area contributed by atoms with Gasteiger partial charge in [-0.15, -0.1) is 0 Å². The molecule has 5 heteroatoms. The molecule has 0 amide bonds. The van der Waals surface area contributed by atoms with E-state index in [1.165, 1.54) is 0 Å². The maximum atomic E-state index is 13.6. The van der Waals surface area contributed by atoms with E-state index in [1.807, 2.05) is 17.0 Å². The van der Waals surface area contributed by atoms with Crippen LogP contribution in [0.3, 0.4) is 0 Å². The first-order valence-corrected chi connectivity index (χ1v) is 6.54. The Morgan fingerprint density at radius 2 is 1.81 bits per heavy atom. The standard InChI is InChI=1S/C16H12F3NO/c17-13-7-15(19)14(18)6-11(13)5-12-8-20(12)16-4-2-1-3-10(16)9-21/h1-4,6-7,9,12H,5,8H2. The van der Waals surface area contributed by atoms with Gasteiger partial charge < -0.3 is 4.90 Å². The third-order valence-electron chi connectivity index (χ3n) is 3.63. The molecule has 0 radical (unpaired) electrons. The molecular weight excluding hydrogens is 279 g/mol. The summed E-state index contributed by atoms with van der Waals surface area (Å²) < 4.78 is 39.7.